The van der Waals surface area contributed by atoms with Crippen molar-refractivity contribution in [3.8, 4) is 0 Å². The van der Waals surface area contributed by atoms with E-state index in [9.17, 15) is 4.79 Å². The van der Waals surface area contributed by atoms with E-state index in [1.807, 2.05) is 42.5 Å². The zero-order valence-electron chi connectivity index (χ0n) is 9.01. The maximum Gasteiger partial charge on any atom is 0.251 e. The molecule has 3 nitrogen and oxygen atoms in total. The molecule has 0 fully saturated rings. The van der Waals surface area contributed by atoms with Crippen LogP contribution in [0, 0.1) is 0 Å². The van der Waals surface area contributed by atoms with Gasteiger partial charge in [0.05, 0.1) is 0 Å². The number of nitrogens with two attached hydrogens (primary N) is 1. The van der Waals surface area contributed by atoms with Crippen molar-refractivity contribution < 1.29 is 9.53 Å². The van der Waals surface area contributed by atoms with Gasteiger partial charge in [-0.25, -0.2) is 0 Å². The first-order chi connectivity index (χ1) is 7.74. The molecule has 2 aromatic carbocycles. The first-order valence-electron chi connectivity index (χ1n) is 5.04. The molecule has 0 spiro atoms. The molecule has 2 N–H and O–H groups in total. The van der Waals surface area contributed by atoms with Crippen LogP contribution < -0.4 is 5.73 Å². The van der Waals surface area contributed by atoms with E-state index < -0.39 is 12.0 Å². The van der Waals surface area contributed by atoms with Gasteiger partial charge >= 0.3 is 0 Å². The van der Waals surface area contributed by atoms with Gasteiger partial charge in [0.1, 0.15) is 0 Å². The fraction of sp³-hybridized carbons (Fsp3) is 0.154. The van der Waals surface area contributed by atoms with Crippen molar-refractivity contribution in [2.75, 3.05) is 7.11 Å². The van der Waals surface area contributed by atoms with E-state index in [0.29, 0.717) is 0 Å². The third-order valence-electron chi connectivity index (χ3n) is 2.60. The molecule has 0 aliphatic rings. The molecule has 3 heteroatoms. The summed E-state index contributed by atoms with van der Waals surface area (Å²) in [6, 6.07) is 13.6. The average Bonchev–Trinajstić information content (AvgIpc) is 2.30. The van der Waals surface area contributed by atoms with Crippen LogP contribution in [0.4, 0.5) is 0 Å². The molecular formula is C13H13NO2. The maximum atomic E-state index is 11.3. The van der Waals surface area contributed by atoms with Crippen LogP contribution in [-0.2, 0) is 9.53 Å². The van der Waals surface area contributed by atoms with Crippen molar-refractivity contribution in [2.45, 2.75) is 6.10 Å². The zero-order valence-corrected chi connectivity index (χ0v) is 9.01. The third kappa shape index (κ3) is 1.77. The Morgan fingerprint density at radius 2 is 1.88 bits per heavy atom. The Balaban J connectivity index is 2.63. The normalized spacial score (nSPS) is 12.6. The highest BCUT2D eigenvalue weighted by molar-refractivity contribution is 5.91. The Bertz CT molecular complexity index is 517. The molecule has 16 heavy (non-hydrogen) atoms. The predicted molar refractivity (Wildman–Crippen MR) is 62.9 cm³/mol. The van der Waals surface area contributed by atoms with Crippen LogP contribution in [-0.4, -0.2) is 13.0 Å². The van der Waals surface area contributed by atoms with Gasteiger partial charge < -0.3 is 10.5 Å². The number of primary amides is 1. The van der Waals surface area contributed by atoms with Gasteiger partial charge in [0, 0.05) is 7.11 Å². The molecule has 2 rings (SSSR count). The standard InChI is InChI=1S/C13H13NO2/c1-16-12(13(14)15)11-8-4-6-9-5-2-3-7-10(9)11/h2-8,12H,1H3,(H2,14,15). The van der Waals surface area contributed by atoms with Gasteiger partial charge in [0.2, 0.25) is 0 Å². The second kappa shape index (κ2) is 4.33. The summed E-state index contributed by atoms with van der Waals surface area (Å²) < 4.78 is 5.13. The molecule has 0 heterocycles. The molecule has 0 saturated carbocycles. The predicted octanol–water partition coefficient (Wildman–Crippen LogP) is 2.01. The lowest BCUT2D eigenvalue weighted by Crippen LogP contribution is -2.22. The van der Waals surface area contributed by atoms with Crippen molar-refractivity contribution in [1.82, 2.24) is 0 Å². The summed E-state index contributed by atoms with van der Waals surface area (Å²) >= 11 is 0. The largest absolute Gasteiger partial charge is 0.367 e. The van der Waals surface area contributed by atoms with E-state index in [-0.39, 0.29) is 0 Å². The summed E-state index contributed by atoms with van der Waals surface area (Å²) in [5, 5.41) is 2.07. The quantitative estimate of drug-likeness (QED) is 0.851. The van der Waals surface area contributed by atoms with Crippen LogP contribution in [0.3, 0.4) is 0 Å². The molecule has 0 radical (unpaired) electrons. The Morgan fingerprint density at radius 1 is 1.19 bits per heavy atom. The summed E-state index contributed by atoms with van der Waals surface area (Å²) in [5.74, 6) is -0.473. The molecule has 2 aromatic rings. The number of hydrogen-bond donors (Lipinski definition) is 1. The SMILES string of the molecule is COC(C(N)=O)c1cccc2ccccc12. The second-order valence-electron chi connectivity index (χ2n) is 3.59. The van der Waals surface area contributed by atoms with Crippen molar-refractivity contribution in [1.29, 1.82) is 0 Å². The molecule has 1 amide bonds. The topological polar surface area (TPSA) is 52.3 Å². The highest BCUT2D eigenvalue weighted by atomic mass is 16.5. The van der Waals surface area contributed by atoms with Crippen LogP contribution >= 0.6 is 0 Å². The number of hydrogen-bond acceptors (Lipinski definition) is 2. The van der Waals surface area contributed by atoms with Gasteiger partial charge in [-0.3, -0.25) is 4.79 Å². The number of rotatable bonds is 3. The van der Waals surface area contributed by atoms with Crippen molar-refractivity contribution in [2.24, 2.45) is 5.73 Å². The molecule has 0 aliphatic carbocycles. The minimum atomic E-state index is -0.689. The Kier molecular flexibility index (Phi) is 2.88. The highest BCUT2D eigenvalue weighted by Crippen LogP contribution is 2.25. The summed E-state index contributed by atoms with van der Waals surface area (Å²) in [7, 11) is 1.48. The monoisotopic (exact) mass is 215 g/mol. The number of benzene rings is 2. The average molecular weight is 215 g/mol. The number of amides is 1. The van der Waals surface area contributed by atoms with E-state index in [0.717, 1.165) is 16.3 Å². The van der Waals surface area contributed by atoms with Crippen LogP contribution in [0.15, 0.2) is 42.5 Å². The zero-order chi connectivity index (χ0) is 11.5. The van der Waals surface area contributed by atoms with Gasteiger partial charge in [-0.15, -0.1) is 0 Å². The number of carbonyl (C=O) groups excluding carboxylic acids is 1. The fourth-order valence-corrected chi connectivity index (χ4v) is 1.88. The van der Waals surface area contributed by atoms with Gasteiger partial charge in [0.15, 0.2) is 6.10 Å². The third-order valence-corrected chi connectivity index (χ3v) is 2.60. The second-order valence-corrected chi connectivity index (χ2v) is 3.59. The van der Waals surface area contributed by atoms with Gasteiger partial charge in [-0.05, 0) is 16.3 Å². The maximum absolute atomic E-state index is 11.3. The number of carbonyl (C=O) groups is 1. The van der Waals surface area contributed by atoms with Crippen molar-refractivity contribution in [3.63, 3.8) is 0 Å². The van der Waals surface area contributed by atoms with Crippen LogP contribution in [0.1, 0.15) is 11.7 Å². The molecule has 0 saturated heterocycles. The first-order valence-corrected chi connectivity index (χ1v) is 5.04. The van der Waals surface area contributed by atoms with Crippen LogP contribution in [0.5, 0.6) is 0 Å². The Labute approximate surface area is 93.8 Å². The van der Waals surface area contributed by atoms with E-state index in [1.54, 1.807) is 0 Å². The van der Waals surface area contributed by atoms with E-state index >= 15 is 0 Å². The Morgan fingerprint density at radius 3 is 2.56 bits per heavy atom. The molecular weight excluding hydrogens is 202 g/mol. The van der Waals surface area contributed by atoms with Crippen molar-refractivity contribution >= 4 is 16.7 Å². The van der Waals surface area contributed by atoms with Gasteiger partial charge in [-0.1, -0.05) is 42.5 Å². The van der Waals surface area contributed by atoms with Crippen molar-refractivity contribution in [3.05, 3.63) is 48.0 Å². The lowest BCUT2D eigenvalue weighted by atomic mass is 10.00. The minimum absolute atomic E-state index is 0.473. The Hall–Kier alpha value is -1.87. The van der Waals surface area contributed by atoms with Crippen LogP contribution in [0.25, 0.3) is 10.8 Å². The molecule has 82 valence electrons. The van der Waals surface area contributed by atoms with Gasteiger partial charge in [0.25, 0.3) is 5.91 Å². The van der Waals surface area contributed by atoms with Crippen LogP contribution in [0.2, 0.25) is 0 Å². The molecule has 1 atom stereocenters. The fourth-order valence-electron chi connectivity index (χ4n) is 1.88. The molecule has 0 bridgehead atoms. The lowest BCUT2D eigenvalue weighted by molar-refractivity contribution is -0.127. The lowest BCUT2D eigenvalue weighted by Gasteiger charge is -2.14. The summed E-state index contributed by atoms with van der Waals surface area (Å²) in [6.07, 6.45) is -0.689. The summed E-state index contributed by atoms with van der Waals surface area (Å²) in [6.45, 7) is 0. The molecule has 1 unspecified atom stereocenters. The van der Waals surface area contributed by atoms with E-state index in [4.69, 9.17) is 10.5 Å². The molecule has 0 aromatic heterocycles. The van der Waals surface area contributed by atoms with Gasteiger partial charge in [-0.2, -0.15) is 0 Å². The highest BCUT2D eigenvalue weighted by Gasteiger charge is 2.18. The van der Waals surface area contributed by atoms with E-state index in [2.05, 4.69) is 0 Å². The number of ether oxygens (including phenoxy) is 1. The first kappa shape index (κ1) is 10.6. The summed E-state index contributed by atoms with van der Waals surface area (Å²) in [4.78, 5) is 11.3. The number of methoxy groups -OCH3 is 1. The number of fused-ring (bicyclic) bond motifs is 1. The minimum Gasteiger partial charge on any atom is -0.367 e. The van der Waals surface area contributed by atoms with E-state index in [1.165, 1.54) is 7.11 Å². The summed E-state index contributed by atoms with van der Waals surface area (Å²) in [5.41, 5.74) is 6.12. The molecule has 0 aliphatic heterocycles. The smallest absolute Gasteiger partial charge is 0.251 e.